The maximum Gasteiger partial charge on any atom is 0.221 e. The highest BCUT2D eigenvalue weighted by atomic mass is 16.5. The van der Waals surface area contributed by atoms with Crippen molar-refractivity contribution in [3.8, 4) is 0 Å². The molecule has 0 bridgehead atoms. The lowest BCUT2D eigenvalue weighted by Gasteiger charge is -2.18. The normalized spacial score (nSPS) is 22.4. The third-order valence-electron chi connectivity index (χ3n) is 2.17. The van der Waals surface area contributed by atoms with Gasteiger partial charge < -0.3 is 15.8 Å². The molecule has 0 aromatic rings. The third-order valence-corrected chi connectivity index (χ3v) is 2.17. The van der Waals surface area contributed by atoms with Gasteiger partial charge in [-0.2, -0.15) is 0 Å². The Kier molecular flexibility index (Phi) is 3.89. The second kappa shape index (κ2) is 4.75. The number of carbonyl (C=O) groups is 1. The van der Waals surface area contributed by atoms with Gasteiger partial charge in [0, 0.05) is 25.1 Å². The molecule has 1 rings (SSSR count). The molecule has 0 radical (unpaired) electrons. The summed E-state index contributed by atoms with van der Waals surface area (Å²) in [6.45, 7) is 5.13. The van der Waals surface area contributed by atoms with Gasteiger partial charge in [0.25, 0.3) is 0 Å². The molecule has 3 N–H and O–H groups in total. The van der Waals surface area contributed by atoms with Crippen LogP contribution < -0.4 is 11.1 Å². The van der Waals surface area contributed by atoms with Crippen LogP contribution in [0.2, 0.25) is 0 Å². The summed E-state index contributed by atoms with van der Waals surface area (Å²) in [5.74, 6) is 0.00741. The van der Waals surface area contributed by atoms with Crippen LogP contribution in [0.1, 0.15) is 33.1 Å². The largest absolute Gasteiger partial charge is 0.376 e. The van der Waals surface area contributed by atoms with Crippen LogP contribution in [0, 0.1) is 0 Å². The van der Waals surface area contributed by atoms with Crippen molar-refractivity contribution >= 4 is 5.91 Å². The minimum atomic E-state index is -0.430. The Morgan fingerprint density at radius 1 is 1.64 bits per heavy atom. The van der Waals surface area contributed by atoms with Crippen molar-refractivity contribution in [3.05, 3.63) is 0 Å². The van der Waals surface area contributed by atoms with Gasteiger partial charge in [-0.1, -0.05) is 0 Å². The average Bonchev–Trinajstić information content (AvgIpc) is 2.49. The van der Waals surface area contributed by atoms with E-state index in [0.717, 1.165) is 19.4 Å². The van der Waals surface area contributed by atoms with Crippen molar-refractivity contribution in [2.75, 3.05) is 13.2 Å². The average molecular weight is 200 g/mol. The Balaban J connectivity index is 2.14. The third kappa shape index (κ3) is 4.58. The summed E-state index contributed by atoms with van der Waals surface area (Å²) in [7, 11) is 0. The van der Waals surface area contributed by atoms with Crippen molar-refractivity contribution in [1.82, 2.24) is 5.32 Å². The lowest BCUT2D eigenvalue weighted by molar-refractivity contribution is -0.122. The van der Waals surface area contributed by atoms with E-state index in [4.69, 9.17) is 10.5 Å². The number of rotatable bonds is 4. The molecule has 1 amide bonds. The fourth-order valence-corrected chi connectivity index (χ4v) is 1.51. The first-order valence-corrected chi connectivity index (χ1v) is 5.14. The number of ether oxygens (including phenoxy) is 1. The smallest absolute Gasteiger partial charge is 0.221 e. The molecular formula is C10H20N2O2. The lowest BCUT2D eigenvalue weighted by Crippen LogP contribution is -2.41. The second-order valence-electron chi connectivity index (χ2n) is 4.60. The zero-order valence-corrected chi connectivity index (χ0v) is 9.01. The zero-order chi connectivity index (χ0) is 10.6. The molecule has 1 fully saturated rings. The van der Waals surface area contributed by atoms with Crippen LogP contribution in [0.4, 0.5) is 0 Å². The maximum absolute atomic E-state index is 11.4. The number of nitrogens with one attached hydrogen (secondary N) is 1. The molecule has 82 valence electrons. The quantitative estimate of drug-likeness (QED) is 0.691. The van der Waals surface area contributed by atoms with Gasteiger partial charge in [0.1, 0.15) is 0 Å². The SMILES string of the molecule is CC(C)(N)CC(=O)NCC1CCCO1. The molecule has 0 aliphatic carbocycles. The van der Waals surface area contributed by atoms with Crippen molar-refractivity contribution in [2.24, 2.45) is 5.73 Å². The summed E-state index contributed by atoms with van der Waals surface area (Å²) in [4.78, 5) is 11.4. The molecule has 1 saturated heterocycles. The first kappa shape index (κ1) is 11.5. The lowest BCUT2D eigenvalue weighted by atomic mass is 10.0. The van der Waals surface area contributed by atoms with Gasteiger partial charge in [-0.15, -0.1) is 0 Å². The fraction of sp³-hybridized carbons (Fsp3) is 0.900. The molecule has 4 nitrogen and oxygen atoms in total. The standard InChI is InChI=1S/C10H20N2O2/c1-10(2,11)6-9(13)12-7-8-4-3-5-14-8/h8H,3-7,11H2,1-2H3,(H,12,13). The zero-order valence-electron chi connectivity index (χ0n) is 9.01. The minimum Gasteiger partial charge on any atom is -0.376 e. The predicted molar refractivity (Wildman–Crippen MR) is 54.9 cm³/mol. The molecule has 1 heterocycles. The molecule has 1 atom stereocenters. The maximum atomic E-state index is 11.4. The van der Waals surface area contributed by atoms with E-state index in [-0.39, 0.29) is 12.0 Å². The number of amides is 1. The van der Waals surface area contributed by atoms with E-state index in [1.165, 1.54) is 0 Å². The summed E-state index contributed by atoms with van der Waals surface area (Å²) < 4.78 is 5.39. The van der Waals surface area contributed by atoms with E-state index in [1.54, 1.807) is 0 Å². The molecule has 1 aliphatic rings. The van der Waals surface area contributed by atoms with Crippen molar-refractivity contribution in [1.29, 1.82) is 0 Å². The van der Waals surface area contributed by atoms with E-state index in [9.17, 15) is 4.79 Å². The topological polar surface area (TPSA) is 64.4 Å². The molecule has 0 aromatic heterocycles. The van der Waals surface area contributed by atoms with E-state index < -0.39 is 5.54 Å². The van der Waals surface area contributed by atoms with Gasteiger partial charge in [0.05, 0.1) is 6.10 Å². The van der Waals surface area contributed by atoms with Gasteiger partial charge in [-0.25, -0.2) is 0 Å². The Morgan fingerprint density at radius 2 is 2.36 bits per heavy atom. The van der Waals surface area contributed by atoms with Gasteiger partial charge in [-0.3, -0.25) is 4.79 Å². The Hall–Kier alpha value is -0.610. The second-order valence-corrected chi connectivity index (χ2v) is 4.60. The Labute approximate surface area is 85.2 Å². The van der Waals surface area contributed by atoms with Gasteiger partial charge in [0.2, 0.25) is 5.91 Å². The summed E-state index contributed by atoms with van der Waals surface area (Å²) in [5, 5.41) is 2.84. The monoisotopic (exact) mass is 200 g/mol. The Bertz CT molecular complexity index is 193. The fourth-order valence-electron chi connectivity index (χ4n) is 1.51. The van der Waals surface area contributed by atoms with Gasteiger partial charge in [-0.05, 0) is 26.7 Å². The highest BCUT2D eigenvalue weighted by Gasteiger charge is 2.19. The van der Waals surface area contributed by atoms with Crippen LogP contribution >= 0.6 is 0 Å². The van der Waals surface area contributed by atoms with E-state index in [0.29, 0.717) is 13.0 Å². The molecule has 0 aromatic carbocycles. The molecule has 0 spiro atoms. The number of nitrogens with two attached hydrogens (primary N) is 1. The number of carbonyl (C=O) groups excluding carboxylic acids is 1. The number of hydrogen-bond acceptors (Lipinski definition) is 3. The van der Waals surface area contributed by atoms with E-state index in [1.807, 2.05) is 13.8 Å². The summed E-state index contributed by atoms with van der Waals surface area (Å²) in [6, 6.07) is 0. The first-order valence-electron chi connectivity index (χ1n) is 5.14. The molecule has 4 heteroatoms. The van der Waals surface area contributed by atoms with Crippen LogP contribution in [-0.2, 0) is 9.53 Å². The summed E-state index contributed by atoms with van der Waals surface area (Å²) in [5.41, 5.74) is 5.30. The highest BCUT2D eigenvalue weighted by Crippen LogP contribution is 2.10. The van der Waals surface area contributed by atoms with Crippen molar-refractivity contribution in [2.45, 2.75) is 44.8 Å². The van der Waals surface area contributed by atoms with Gasteiger partial charge in [0.15, 0.2) is 0 Å². The van der Waals surface area contributed by atoms with Crippen LogP contribution in [0.25, 0.3) is 0 Å². The van der Waals surface area contributed by atoms with Crippen LogP contribution in [0.5, 0.6) is 0 Å². The molecule has 1 aliphatic heterocycles. The van der Waals surface area contributed by atoms with E-state index in [2.05, 4.69) is 5.32 Å². The van der Waals surface area contributed by atoms with Crippen LogP contribution in [-0.4, -0.2) is 30.7 Å². The number of hydrogen-bond donors (Lipinski definition) is 2. The minimum absolute atomic E-state index is 0.00741. The van der Waals surface area contributed by atoms with Crippen molar-refractivity contribution in [3.63, 3.8) is 0 Å². The molecule has 1 unspecified atom stereocenters. The van der Waals surface area contributed by atoms with E-state index >= 15 is 0 Å². The van der Waals surface area contributed by atoms with Crippen LogP contribution in [0.3, 0.4) is 0 Å². The van der Waals surface area contributed by atoms with Crippen LogP contribution in [0.15, 0.2) is 0 Å². The summed E-state index contributed by atoms with van der Waals surface area (Å²) >= 11 is 0. The first-order chi connectivity index (χ1) is 6.47. The highest BCUT2D eigenvalue weighted by molar-refractivity contribution is 5.77. The van der Waals surface area contributed by atoms with Gasteiger partial charge >= 0.3 is 0 Å². The molecule has 0 saturated carbocycles. The summed E-state index contributed by atoms with van der Waals surface area (Å²) in [6.07, 6.45) is 2.72. The molecular weight excluding hydrogens is 180 g/mol. The molecule has 14 heavy (non-hydrogen) atoms. The Morgan fingerprint density at radius 3 is 2.86 bits per heavy atom. The van der Waals surface area contributed by atoms with Crippen molar-refractivity contribution < 1.29 is 9.53 Å². The predicted octanol–water partition coefficient (Wildman–Crippen LogP) is 0.409.